The van der Waals surface area contributed by atoms with E-state index in [4.69, 9.17) is 14.2 Å². The zero-order chi connectivity index (χ0) is 17.2. The predicted molar refractivity (Wildman–Crippen MR) is 94.1 cm³/mol. The van der Waals surface area contributed by atoms with Gasteiger partial charge in [0.2, 0.25) is 12.7 Å². The number of halogens is 1. The Labute approximate surface area is 153 Å². The number of carbonyl (C=O) groups is 1. The maximum atomic E-state index is 12.7. The summed E-state index contributed by atoms with van der Waals surface area (Å²) in [6, 6.07) is 9.07. The SMILES string of the molecule is O=C(c1ccc2c(c1)OCO2)N1CCC(Oc2ncccc2Br)CC1. The molecule has 0 unspecified atom stereocenters. The number of rotatable bonds is 3. The van der Waals surface area contributed by atoms with E-state index in [1.165, 1.54) is 0 Å². The molecule has 2 aromatic rings. The number of amides is 1. The maximum Gasteiger partial charge on any atom is 0.253 e. The molecular formula is C18H17BrN2O4. The molecule has 130 valence electrons. The molecule has 0 saturated carbocycles. The van der Waals surface area contributed by atoms with E-state index in [0.29, 0.717) is 36.0 Å². The van der Waals surface area contributed by atoms with E-state index in [0.717, 1.165) is 17.3 Å². The van der Waals surface area contributed by atoms with Crippen LogP contribution in [0.2, 0.25) is 0 Å². The lowest BCUT2D eigenvalue weighted by Crippen LogP contribution is -2.41. The highest BCUT2D eigenvalue weighted by Crippen LogP contribution is 2.33. The average Bonchev–Trinajstić information content (AvgIpc) is 3.11. The van der Waals surface area contributed by atoms with Gasteiger partial charge in [-0.3, -0.25) is 4.79 Å². The summed E-state index contributed by atoms with van der Waals surface area (Å²) in [5.41, 5.74) is 0.621. The van der Waals surface area contributed by atoms with Crippen molar-refractivity contribution >= 4 is 21.8 Å². The Bertz CT molecular complexity index is 790. The molecule has 7 heteroatoms. The summed E-state index contributed by atoms with van der Waals surface area (Å²) in [4.78, 5) is 18.8. The number of fused-ring (bicyclic) bond motifs is 1. The smallest absolute Gasteiger partial charge is 0.253 e. The fourth-order valence-corrected chi connectivity index (χ4v) is 3.35. The van der Waals surface area contributed by atoms with Crippen molar-refractivity contribution in [3.8, 4) is 17.4 Å². The van der Waals surface area contributed by atoms with Gasteiger partial charge >= 0.3 is 0 Å². The molecule has 3 heterocycles. The molecule has 0 aliphatic carbocycles. The second-order valence-corrected chi connectivity index (χ2v) is 6.82. The molecule has 1 saturated heterocycles. The lowest BCUT2D eigenvalue weighted by molar-refractivity contribution is 0.0586. The van der Waals surface area contributed by atoms with Gasteiger partial charge in [0.25, 0.3) is 5.91 Å². The number of nitrogens with zero attached hydrogens (tertiary/aromatic N) is 2. The number of piperidine rings is 1. The second kappa shape index (κ2) is 6.92. The predicted octanol–water partition coefficient (Wildman–Crippen LogP) is 3.26. The van der Waals surface area contributed by atoms with Gasteiger partial charge in [0.15, 0.2) is 11.5 Å². The maximum absolute atomic E-state index is 12.7. The van der Waals surface area contributed by atoms with E-state index in [1.807, 2.05) is 17.0 Å². The third kappa shape index (κ3) is 3.42. The van der Waals surface area contributed by atoms with Crippen molar-refractivity contribution in [2.45, 2.75) is 18.9 Å². The molecule has 2 aliphatic rings. The highest BCUT2D eigenvalue weighted by Gasteiger charge is 2.26. The molecule has 0 bridgehead atoms. The first-order valence-electron chi connectivity index (χ1n) is 8.17. The molecule has 0 spiro atoms. The summed E-state index contributed by atoms with van der Waals surface area (Å²) in [6.45, 7) is 1.52. The molecular weight excluding hydrogens is 388 g/mol. The van der Waals surface area contributed by atoms with Crippen LogP contribution in [-0.4, -0.2) is 41.8 Å². The number of hydrogen-bond acceptors (Lipinski definition) is 5. The largest absolute Gasteiger partial charge is 0.473 e. The van der Waals surface area contributed by atoms with E-state index < -0.39 is 0 Å². The number of hydrogen-bond donors (Lipinski definition) is 0. The van der Waals surface area contributed by atoms with Gasteiger partial charge in [-0.25, -0.2) is 4.98 Å². The van der Waals surface area contributed by atoms with Gasteiger partial charge in [-0.1, -0.05) is 0 Å². The summed E-state index contributed by atoms with van der Waals surface area (Å²) in [7, 11) is 0. The van der Waals surface area contributed by atoms with Crippen molar-refractivity contribution in [1.82, 2.24) is 9.88 Å². The van der Waals surface area contributed by atoms with Crippen LogP contribution in [0.5, 0.6) is 17.4 Å². The molecule has 2 aliphatic heterocycles. The van der Waals surface area contributed by atoms with Gasteiger partial charge in [-0.05, 0) is 46.3 Å². The van der Waals surface area contributed by atoms with Gasteiger partial charge in [-0.15, -0.1) is 0 Å². The fourth-order valence-electron chi connectivity index (χ4n) is 3.00. The topological polar surface area (TPSA) is 60.9 Å². The number of aromatic nitrogens is 1. The Morgan fingerprint density at radius 2 is 2.00 bits per heavy atom. The number of ether oxygens (including phenoxy) is 3. The van der Waals surface area contributed by atoms with Crippen LogP contribution in [-0.2, 0) is 0 Å². The first-order chi connectivity index (χ1) is 12.2. The van der Waals surface area contributed by atoms with E-state index in [-0.39, 0.29) is 18.8 Å². The zero-order valence-electron chi connectivity index (χ0n) is 13.5. The van der Waals surface area contributed by atoms with Crippen molar-refractivity contribution in [1.29, 1.82) is 0 Å². The van der Waals surface area contributed by atoms with E-state index in [1.54, 1.807) is 24.4 Å². The van der Waals surface area contributed by atoms with Crippen LogP contribution in [0.15, 0.2) is 41.0 Å². The molecule has 1 aromatic heterocycles. The van der Waals surface area contributed by atoms with Crippen molar-refractivity contribution in [2.24, 2.45) is 0 Å². The molecule has 1 fully saturated rings. The molecule has 0 atom stereocenters. The number of carbonyl (C=O) groups excluding carboxylic acids is 1. The first kappa shape index (κ1) is 16.2. The van der Waals surface area contributed by atoms with Crippen molar-refractivity contribution in [3.05, 3.63) is 46.6 Å². The minimum absolute atomic E-state index is 0.00997. The fraction of sp³-hybridized carbons (Fsp3) is 0.333. The Hall–Kier alpha value is -2.28. The van der Waals surface area contributed by atoms with Crippen LogP contribution in [0.4, 0.5) is 0 Å². The van der Waals surface area contributed by atoms with E-state index in [9.17, 15) is 4.79 Å². The molecule has 1 aromatic carbocycles. The van der Waals surface area contributed by atoms with E-state index in [2.05, 4.69) is 20.9 Å². The van der Waals surface area contributed by atoms with Crippen molar-refractivity contribution in [2.75, 3.05) is 19.9 Å². The second-order valence-electron chi connectivity index (χ2n) is 5.97. The Kier molecular flexibility index (Phi) is 4.48. The number of pyridine rings is 1. The molecule has 1 amide bonds. The van der Waals surface area contributed by atoms with Crippen LogP contribution in [0, 0.1) is 0 Å². The quantitative estimate of drug-likeness (QED) is 0.785. The van der Waals surface area contributed by atoms with Gasteiger partial charge in [-0.2, -0.15) is 0 Å². The van der Waals surface area contributed by atoms with Gasteiger partial charge in [0.1, 0.15) is 6.10 Å². The number of likely N-dealkylation sites (tertiary alicyclic amines) is 1. The van der Waals surface area contributed by atoms with E-state index >= 15 is 0 Å². The van der Waals surface area contributed by atoms with Crippen molar-refractivity contribution < 1.29 is 19.0 Å². The van der Waals surface area contributed by atoms with Crippen LogP contribution in [0.1, 0.15) is 23.2 Å². The Balaban J connectivity index is 1.37. The first-order valence-corrected chi connectivity index (χ1v) is 8.96. The van der Waals surface area contributed by atoms with Crippen LogP contribution in [0.3, 0.4) is 0 Å². The minimum Gasteiger partial charge on any atom is -0.473 e. The summed E-state index contributed by atoms with van der Waals surface area (Å²) >= 11 is 3.44. The zero-order valence-corrected chi connectivity index (χ0v) is 15.1. The van der Waals surface area contributed by atoms with Gasteiger partial charge in [0, 0.05) is 37.7 Å². The van der Waals surface area contributed by atoms with Crippen LogP contribution < -0.4 is 14.2 Å². The Morgan fingerprint density at radius 1 is 1.20 bits per heavy atom. The molecule has 4 rings (SSSR count). The number of benzene rings is 1. The lowest BCUT2D eigenvalue weighted by Gasteiger charge is -2.32. The standard InChI is InChI=1S/C18H17BrN2O4/c19-14-2-1-7-20-17(14)25-13-5-8-21(9-6-13)18(22)12-3-4-15-16(10-12)24-11-23-15/h1-4,7,10,13H,5-6,8-9,11H2. The summed E-state index contributed by atoms with van der Waals surface area (Å²) < 4.78 is 17.4. The third-order valence-corrected chi connectivity index (χ3v) is 4.96. The molecule has 25 heavy (non-hydrogen) atoms. The normalized spacial score (nSPS) is 16.8. The van der Waals surface area contributed by atoms with Gasteiger partial charge < -0.3 is 19.1 Å². The van der Waals surface area contributed by atoms with Crippen molar-refractivity contribution in [3.63, 3.8) is 0 Å². The van der Waals surface area contributed by atoms with Crippen LogP contribution >= 0.6 is 15.9 Å². The summed E-state index contributed by atoms with van der Waals surface area (Å²) in [6.07, 6.45) is 3.32. The monoisotopic (exact) mass is 404 g/mol. The molecule has 0 N–H and O–H groups in total. The van der Waals surface area contributed by atoms with Crippen LogP contribution in [0.25, 0.3) is 0 Å². The Morgan fingerprint density at radius 3 is 2.80 bits per heavy atom. The highest BCUT2D eigenvalue weighted by molar-refractivity contribution is 9.10. The average molecular weight is 405 g/mol. The molecule has 6 nitrogen and oxygen atoms in total. The minimum atomic E-state index is 0.00997. The summed E-state index contributed by atoms with van der Waals surface area (Å²) in [5.74, 6) is 1.92. The highest BCUT2D eigenvalue weighted by atomic mass is 79.9. The molecule has 0 radical (unpaired) electrons. The lowest BCUT2D eigenvalue weighted by atomic mass is 10.1. The summed E-state index contributed by atoms with van der Waals surface area (Å²) in [5, 5.41) is 0. The third-order valence-electron chi connectivity index (χ3n) is 4.35. The van der Waals surface area contributed by atoms with Gasteiger partial charge in [0.05, 0.1) is 4.47 Å².